The number of carbonyl (C=O) groups is 4. The molecule has 4 rings (SSSR count). The van der Waals surface area contributed by atoms with Gasteiger partial charge in [-0.15, -0.1) is 49.2 Å². The van der Waals surface area contributed by atoms with E-state index in [-0.39, 0.29) is 85.0 Å². The Morgan fingerprint density at radius 1 is 0.612 bits per heavy atom. The molecule has 8 nitrogen and oxygen atoms in total. The Labute approximate surface area is 298 Å². The molecule has 0 fully saturated rings. The second-order valence-corrected chi connectivity index (χ2v) is 9.24. The SMILES string of the molecule is CCOC(=O)CCCC(=O)Oc1ccc(F)[c-]c1F.CCOC(=O)CCCC(=O)Oc1ccc(F)[c-]c1F.[C-]1=CC=CC1.[C-]1=CC=CC1.[Ti+4]. The molecule has 260 valence electrons. The van der Waals surface area contributed by atoms with Crippen LogP contribution in [-0.4, -0.2) is 37.1 Å². The van der Waals surface area contributed by atoms with Gasteiger partial charge in [-0.25, -0.2) is 41.9 Å². The molecule has 2 aliphatic carbocycles. The molecule has 13 heteroatoms. The van der Waals surface area contributed by atoms with E-state index in [1.54, 1.807) is 26.0 Å². The van der Waals surface area contributed by atoms with Crippen molar-refractivity contribution in [1.29, 1.82) is 0 Å². The predicted octanol–water partition coefficient (Wildman–Crippen LogP) is 7.42. The zero-order valence-electron chi connectivity index (χ0n) is 27.1. The van der Waals surface area contributed by atoms with Crippen LogP contribution in [0.5, 0.6) is 11.5 Å². The number of ether oxygens (including phenoxy) is 4. The maximum Gasteiger partial charge on any atom is 4.00 e. The Balaban J connectivity index is 0.000000717. The Kier molecular flexibility index (Phi) is 25.2. The van der Waals surface area contributed by atoms with E-state index < -0.39 is 47.1 Å². The normalized spacial score (nSPS) is 11.4. The fourth-order valence-electron chi connectivity index (χ4n) is 3.27. The third-order valence-electron chi connectivity index (χ3n) is 5.41. The van der Waals surface area contributed by atoms with Crippen molar-refractivity contribution < 1.29 is 77.4 Å². The molecule has 0 atom stereocenters. The van der Waals surface area contributed by atoms with Gasteiger partial charge in [0.05, 0.1) is 36.3 Å². The number of carbonyl (C=O) groups excluding carboxylic acids is 4. The maximum atomic E-state index is 13.1. The molecular formula is C36H36F4O8Ti. The van der Waals surface area contributed by atoms with Gasteiger partial charge in [-0.1, -0.05) is 0 Å². The van der Waals surface area contributed by atoms with Crippen LogP contribution in [0, 0.1) is 47.6 Å². The number of hydrogen-bond acceptors (Lipinski definition) is 8. The van der Waals surface area contributed by atoms with Crippen molar-refractivity contribution in [2.75, 3.05) is 13.2 Å². The summed E-state index contributed by atoms with van der Waals surface area (Å²) in [6.07, 6.45) is 20.5. The molecule has 2 aliphatic rings. The topological polar surface area (TPSA) is 105 Å². The molecule has 0 amide bonds. The van der Waals surface area contributed by atoms with Crippen LogP contribution in [0.25, 0.3) is 0 Å². The summed E-state index contributed by atoms with van der Waals surface area (Å²) in [7, 11) is 0. The van der Waals surface area contributed by atoms with Gasteiger partial charge in [-0.3, -0.25) is 31.3 Å². The monoisotopic (exact) mass is 720 g/mol. The van der Waals surface area contributed by atoms with Crippen molar-refractivity contribution in [3.05, 3.63) is 108 Å². The van der Waals surface area contributed by atoms with Crippen molar-refractivity contribution in [2.45, 2.75) is 65.2 Å². The van der Waals surface area contributed by atoms with E-state index in [9.17, 15) is 36.7 Å². The maximum absolute atomic E-state index is 13.1. The average Bonchev–Trinajstić information content (AvgIpc) is 3.81. The number of benzene rings is 2. The summed E-state index contributed by atoms with van der Waals surface area (Å²) in [5.41, 5.74) is 0. The number of hydrogen-bond donors (Lipinski definition) is 0. The average molecular weight is 721 g/mol. The second kappa shape index (κ2) is 27.6. The van der Waals surface area contributed by atoms with E-state index in [4.69, 9.17) is 0 Å². The van der Waals surface area contributed by atoms with Crippen LogP contribution >= 0.6 is 0 Å². The Morgan fingerprint density at radius 2 is 0.980 bits per heavy atom. The van der Waals surface area contributed by atoms with Crippen molar-refractivity contribution in [3.8, 4) is 11.5 Å². The number of rotatable bonds is 12. The summed E-state index contributed by atoms with van der Waals surface area (Å²) in [6, 6.07) is 7.38. The Bertz CT molecular complexity index is 1310. The first-order chi connectivity index (χ1) is 23.0. The van der Waals surface area contributed by atoms with Crippen molar-refractivity contribution >= 4 is 23.9 Å². The van der Waals surface area contributed by atoms with Crippen molar-refractivity contribution in [3.63, 3.8) is 0 Å². The molecule has 2 aromatic carbocycles. The molecule has 0 aliphatic heterocycles. The summed E-state index contributed by atoms with van der Waals surface area (Å²) in [6.45, 7) is 3.92. The summed E-state index contributed by atoms with van der Waals surface area (Å²) >= 11 is 0. The standard InChI is InChI=1S/2C13H13F2O4.2C5H5.Ti/c2*1-2-18-12(16)4-3-5-13(17)19-11-7-6-9(14)8-10(11)15;2*1-2-4-5-3-1;/h2*6-7H,2-5H2,1H3;2*1-3H,4H2;/q4*-1;+4. The summed E-state index contributed by atoms with van der Waals surface area (Å²) in [5.74, 6) is -6.89. The first-order valence-corrected chi connectivity index (χ1v) is 15.0. The van der Waals surface area contributed by atoms with Gasteiger partial charge in [0.25, 0.3) is 11.9 Å². The summed E-state index contributed by atoms with van der Waals surface area (Å²) in [5, 5.41) is 0. The van der Waals surface area contributed by atoms with E-state index >= 15 is 0 Å². The van der Waals surface area contributed by atoms with E-state index in [1.165, 1.54) is 0 Å². The Morgan fingerprint density at radius 3 is 1.24 bits per heavy atom. The van der Waals surface area contributed by atoms with Gasteiger partial charge in [-0.05, 0) is 26.7 Å². The van der Waals surface area contributed by atoms with Gasteiger partial charge in [0.2, 0.25) is 0 Å². The molecular weight excluding hydrogens is 684 g/mol. The van der Waals surface area contributed by atoms with Gasteiger partial charge in [-0.2, -0.15) is 12.2 Å². The van der Waals surface area contributed by atoms with Crippen LogP contribution in [0.15, 0.2) is 60.7 Å². The minimum absolute atomic E-state index is 0. The van der Waals surface area contributed by atoms with Crippen LogP contribution in [0.1, 0.15) is 65.2 Å². The molecule has 0 saturated carbocycles. The summed E-state index contributed by atoms with van der Waals surface area (Å²) < 4.78 is 70.1. The molecule has 0 saturated heterocycles. The second-order valence-electron chi connectivity index (χ2n) is 9.24. The van der Waals surface area contributed by atoms with Crippen molar-refractivity contribution in [2.24, 2.45) is 0 Å². The zero-order chi connectivity index (χ0) is 35.6. The third-order valence-corrected chi connectivity index (χ3v) is 5.41. The largest absolute Gasteiger partial charge is 4.00 e. The smallest absolute Gasteiger partial charge is 0.488 e. The number of esters is 4. The van der Waals surface area contributed by atoms with Crippen molar-refractivity contribution in [1.82, 2.24) is 0 Å². The van der Waals surface area contributed by atoms with E-state index in [1.807, 2.05) is 24.3 Å². The molecule has 0 heterocycles. The van der Waals surface area contributed by atoms with Gasteiger partial charge in [0.1, 0.15) is 0 Å². The van der Waals surface area contributed by atoms with Crippen LogP contribution in [0.2, 0.25) is 0 Å². The first-order valence-electron chi connectivity index (χ1n) is 15.0. The van der Waals surface area contributed by atoms with Gasteiger partial charge < -0.3 is 18.9 Å². The van der Waals surface area contributed by atoms with Crippen LogP contribution < -0.4 is 9.47 Å². The zero-order valence-corrected chi connectivity index (χ0v) is 28.7. The predicted molar refractivity (Wildman–Crippen MR) is 166 cm³/mol. The Hall–Kier alpha value is -4.29. The summed E-state index contributed by atoms with van der Waals surface area (Å²) in [4.78, 5) is 44.7. The van der Waals surface area contributed by atoms with Gasteiger partial charge in [0, 0.05) is 37.3 Å². The van der Waals surface area contributed by atoms with Crippen LogP contribution in [-0.2, 0) is 50.4 Å². The van der Waals surface area contributed by atoms with E-state index in [0.29, 0.717) is 0 Å². The van der Waals surface area contributed by atoms with E-state index in [0.717, 1.165) is 37.1 Å². The molecule has 0 radical (unpaired) electrons. The number of allylic oxidation sites excluding steroid dienone is 8. The fraction of sp³-hybridized carbons (Fsp3) is 0.333. The van der Waals surface area contributed by atoms with Gasteiger partial charge >= 0.3 is 33.7 Å². The molecule has 2 aromatic rings. The fourth-order valence-corrected chi connectivity index (χ4v) is 3.27. The minimum Gasteiger partial charge on any atom is -0.488 e. The van der Waals surface area contributed by atoms with Gasteiger partial charge in [0.15, 0.2) is 0 Å². The quantitative estimate of drug-likeness (QED) is 0.0734. The molecule has 0 spiro atoms. The molecule has 0 N–H and O–H groups in total. The third kappa shape index (κ3) is 22.8. The first kappa shape index (κ1) is 44.7. The molecule has 0 unspecified atom stereocenters. The molecule has 0 bridgehead atoms. The van der Waals surface area contributed by atoms with E-state index in [2.05, 4.69) is 43.3 Å². The molecule has 49 heavy (non-hydrogen) atoms. The molecule has 0 aromatic heterocycles. The van der Waals surface area contributed by atoms with Crippen LogP contribution in [0.4, 0.5) is 17.6 Å². The van der Waals surface area contributed by atoms with Crippen LogP contribution in [0.3, 0.4) is 0 Å². The minimum atomic E-state index is -1.07. The number of halogens is 4.